The Kier molecular flexibility index (Phi) is 4.91. The van der Waals surface area contributed by atoms with E-state index in [-0.39, 0.29) is 12.8 Å². The van der Waals surface area contributed by atoms with E-state index < -0.39 is 6.10 Å². The molecular weight excluding hydrogens is 382 g/mol. The largest absolute Gasteiger partial charge is 0.454 e. The number of likely N-dealkylation sites (tertiary alicyclic amines) is 1. The summed E-state index contributed by atoms with van der Waals surface area (Å²) in [5.41, 5.74) is 3.47. The number of aliphatic hydroxyl groups is 1. The van der Waals surface area contributed by atoms with E-state index >= 15 is 0 Å². The molecule has 0 saturated carbocycles. The lowest BCUT2D eigenvalue weighted by Crippen LogP contribution is -2.39. The van der Waals surface area contributed by atoms with Gasteiger partial charge in [-0.05, 0) is 42.7 Å². The minimum Gasteiger partial charge on any atom is -0.454 e. The first-order valence-electron chi connectivity index (χ1n) is 10.1. The van der Waals surface area contributed by atoms with Crippen molar-refractivity contribution in [2.45, 2.75) is 25.0 Å². The molecule has 1 saturated heterocycles. The standard InChI is InChI=1S/C22H23N5O3/c23-13-24-22-25-17-3-1-2-4-18(17)27(22)16-7-9-26(10-8-16)12-19(28)15-5-6-20-21(11-15)30-14-29-20/h1-6,11,16,19,28H,7-10,12,14H2,(H,24,25). The van der Waals surface area contributed by atoms with Gasteiger partial charge in [-0.25, -0.2) is 0 Å². The van der Waals surface area contributed by atoms with Crippen LogP contribution in [0.25, 0.3) is 11.0 Å². The summed E-state index contributed by atoms with van der Waals surface area (Å²) in [7, 11) is 0. The Balaban J connectivity index is 1.28. The third kappa shape index (κ3) is 3.43. The van der Waals surface area contributed by atoms with Crippen molar-refractivity contribution in [2.24, 2.45) is 4.99 Å². The van der Waals surface area contributed by atoms with E-state index in [0.717, 1.165) is 48.3 Å². The highest BCUT2D eigenvalue weighted by atomic mass is 16.7. The average Bonchev–Trinajstić information content (AvgIpc) is 3.38. The smallest absolute Gasteiger partial charge is 0.231 e. The summed E-state index contributed by atoms with van der Waals surface area (Å²) in [5.74, 6) is 1.41. The Morgan fingerprint density at radius 2 is 1.97 bits per heavy atom. The van der Waals surface area contributed by atoms with Crippen molar-refractivity contribution in [1.29, 1.82) is 5.26 Å². The van der Waals surface area contributed by atoms with E-state index in [1.165, 1.54) is 0 Å². The number of nitrogens with one attached hydrogen (secondary N) is 1. The van der Waals surface area contributed by atoms with Crippen molar-refractivity contribution in [2.75, 3.05) is 26.4 Å². The summed E-state index contributed by atoms with van der Waals surface area (Å²) >= 11 is 0. The number of imidazole rings is 1. The Hall–Kier alpha value is -3.28. The lowest BCUT2D eigenvalue weighted by Gasteiger charge is -2.34. The molecule has 1 atom stereocenters. The molecule has 1 unspecified atom stereocenters. The molecule has 1 fully saturated rings. The zero-order valence-corrected chi connectivity index (χ0v) is 16.5. The number of hydrogen-bond acceptors (Lipinski definition) is 6. The van der Waals surface area contributed by atoms with Crippen molar-refractivity contribution >= 4 is 11.0 Å². The van der Waals surface area contributed by atoms with Crippen LogP contribution in [0.4, 0.5) is 0 Å². The fourth-order valence-corrected chi connectivity index (χ4v) is 4.41. The van der Waals surface area contributed by atoms with E-state index in [2.05, 4.69) is 25.5 Å². The number of nitrogens with zero attached hydrogens (tertiary/aromatic N) is 4. The maximum absolute atomic E-state index is 10.7. The van der Waals surface area contributed by atoms with Crippen molar-refractivity contribution in [1.82, 2.24) is 14.5 Å². The normalized spacial score (nSPS) is 18.6. The molecule has 2 aliphatic rings. The SMILES string of the molecule is N#CN=c1[nH]c2ccccc2n1C1CCN(CC(O)c2ccc3c(c2)OCO3)CC1. The highest BCUT2D eigenvalue weighted by Gasteiger charge is 2.25. The molecule has 3 aromatic rings. The predicted octanol–water partition coefficient (Wildman–Crippen LogP) is 2.45. The molecule has 0 radical (unpaired) electrons. The highest BCUT2D eigenvalue weighted by molar-refractivity contribution is 5.75. The van der Waals surface area contributed by atoms with Crippen LogP contribution in [-0.2, 0) is 0 Å². The van der Waals surface area contributed by atoms with Crippen LogP contribution in [0.5, 0.6) is 11.5 Å². The van der Waals surface area contributed by atoms with Gasteiger partial charge in [0.25, 0.3) is 0 Å². The second-order valence-electron chi connectivity index (χ2n) is 7.71. The summed E-state index contributed by atoms with van der Waals surface area (Å²) in [6.07, 6.45) is 3.17. The second-order valence-corrected chi connectivity index (χ2v) is 7.71. The molecular formula is C22H23N5O3. The van der Waals surface area contributed by atoms with Gasteiger partial charge in [0, 0.05) is 25.7 Å². The molecule has 8 nitrogen and oxygen atoms in total. The first-order valence-corrected chi connectivity index (χ1v) is 10.1. The first-order chi connectivity index (χ1) is 14.7. The Morgan fingerprint density at radius 1 is 1.17 bits per heavy atom. The molecule has 2 aromatic carbocycles. The van der Waals surface area contributed by atoms with Gasteiger partial charge >= 0.3 is 0 Å². The number of aromatic amines is 1. The lowest BCUT2D eigenvalue weighted by atomic mass is 10.0. The van der Waals surface area contributed by atoms with Gasteiger partial charge in [0.2, 0.25) is 18.6 Å². The van der Waals surface area contributed by atoms with Crippen molar-refractivity contribution in [3.63, 3.8) is 0 Å². The van der Waals surface area contributed by atoms with Crippen LogP contribution in [-0.4, -0.2) is 46.0 Å². The maximum atomic E-state index is 10.7. The van der Waals surface area contributed by atoms with Crippen LogP contribution in [0.3, 0.4) is 0 Å². The van der Waals surface area contributed by atoms with Crippen LogP contribution in [0.1, 0.15) is 30.6 Å². The van der Waals surface area contributed by atoms with E-state index in [0.29, 0.717) is 17.9 Å². The van der Waals surface area contributed by atoms with Gasteiger partial charge < -0.3 is 29.0 Å². The van der Waals surface area contributed by atoms with Crippen molar-refractivity contribution < 1.29 is 14.6 Å². The summed E-state index contributed by atoms with van der Waals surface area (Å²) in [6.45, 7) is 2.53. The van der Waals surface area contributed by atoms with Crippen LogP contribution in [0, 0.1) is 11.5 Å². The highest BCUT2D eigenvalue weighted by Crippen LogP contribution is 2.34. The predicted molar refractivity (Wildman–Crippen MR) is 110 cm³/mol. The molecule has 2 aliphatic heterocycles. The Bertz CT molecular complexity index is 1170. The van der Waals surface area contributed by atoms with E-state index in [9.17, 15) is 5.11 Å². The van der Waals surface area contributed by atoms with Crippen molar-refractivity contribution in [3.8, 4) is 17.7 Å². The summed E-state index contributed by atoms with van der Waals surface area (Å²) < 4.78 is 12.9. The quantitative estimate of drug-likeness (QED) is 0.650. The lowest BCUT2D eigenvalue weighted by molar-refractivity contribution is 0.0904. The zero-order chi connectivity index (χ0) is 20.5. The third-order valence-corrected chi connectivity index (χ3v) is 5.93. The Morgan fingerprint density at radius 3 is 2.80 bits per heavy atom. The third-order valence-electron chi connectivity index (χ3n) is 5.93. The fourth-order valence-electron chi connectivity index (χ4n) is 4.41. The number of benzene rings is 2. The summed E-state index contributed by atoms with van der Waals surface area (Å²) in [5, 5.41) is 19.8. The topological polar surface area (TPSA) is 98.8 Å². The van der Waals surface area contributed by atoms with E-state index in [1.807, 2.05) is 42.6 Å². The number of fused-ring (bicyclic) bond motifs is 2. The van der Waals surface area contributed by atoms with Crippen LogP contribution in [0.15, 0.2) is 47.5 Å². The molecule has 0 aliphatic carbocycles. The number of para-hydroxylation sites is 2. The van der Waals surface area contributed by atoms with Crippen LogP contribution in [0.2, 0.25) is 0 Å². The molecule has 1 aromatic heterocycles. The van der Waals surface area contributed by atoms with Crippen LogP contribution < -0.4 is 15.1 Å². The molecule has 0 amide bonds. The number of H-pyrrole nitrogens is 1. The average molecular weight is 405 g/mol. The number of rotatable bonds is 4. The maximum Gasteiger partial charge on any atom is 0.231 e. The minimum absolute atomic E-state index is 0.230. The van der Waals surface area contributed by atoms with Crippen molar-refractivity contribution in [3.05, 3.63) is 53.6 Å². The van der Waals surface area contributed by atoms with Gasteiger partial charge in [0.1, 0.15) is 0 Å². The molecule has 8 heteroatoms. The molecule has 5 rings (SSSR count). The summed E-state index contributed by atoms with van der Waals surface area (Å²) in [4.78, 5) is 9.52. The van der Waals surface area contributed by atoms with Gasteiger partial charge in [0.15, 0.2) is 11.5 Å². The zero-order valence-electron chi connectivity index (χ0n) is 16.5. The van der Waals surface area contributed by atoms with Gasteiger partial charge in [-0.1, -0.05) is 18.2 Å². The molecule has 0 spiro atoms. The number of nitriles is 1. The molecule has 2 N–H and O–H groups in total. The van der Waals surface area contributed by atoms with Gasteiger partial charge in [0.05, 0.1) is 17.1 Å². The Labute approximate surface area is 173 Å². The first kappa shape index (κ1) is 18.7. The van der Waals surface area contributed by atoms with Crippen LogP contribution >= 0.6 is 0 Å². The number of aromatic nitrogens is 2. The number of ether oxygens (including phenoxy) is 2. The summed E-state index contributed by atoms with van der Waals surface area (Å²) in [6, 6.07) is 13.9. The molecule has 0 bridgehead atoms. The molecule has 154 valence electrons. The monoisotopic (exact) mass is 405 g/mol. The van der Waals surface area contributed by atoms with E-state index in [4.69, 9.17) is 14.7 Å². The molecule has 3 heterocycles. The number of β-amino-alcohol motifs (C(OH)–C–C–N with tert-alkyl or cyclic N) is 1. The second kappa shape index (κ2) is 7.86. The molecule has 30 heavy (non-hydrogen) atoms. The minimum atomic E-state index is -0.582. The van der Waals surface area contributed by atoms with Gasteiger partial charge in [-0.3, -0.25) is 0 Å². The van der Waals surface area contributed by atoms with Gasteiger partial charge in [-0.15, -0.1) is 4.99 Å². The number of hydrogen-bond donors (Lipinski definition) is 2. The van der Waals surface area contributed by atoms with E-state index in [1.54, 1.807) is 0 Å². The van der Waals surface area contributed by atoms with Gasteiger partial charge in [-0.2, -0.15) is 5.26 Å². The number of piperidine rings is 1. The number of aliphatic hydroxyl groups excluding tert-OH is 1. The fraction of sp³-hybridized carbons (Fsp3) is 0.364.